The summed E-state index contributed by atoms with van der Waals surface area (Å²) >= 11 is 4.30. The van der Waals surface area contributed by atoms with E-state index < -0.39 is 5.97 Å². The third-order valence-corrected chi connectivity index (χ3v) is 3.31. The number of hydrogen-bond acceptors (Lipinski definition) is 4. The molecular weight excluding hydrogens is 272 g/mol. The van der Waals surface area contributed by atoms with E-state index in [0.29, 0.717) is 15.3 Å². The Morgan fingerprint density at radius 2 is 2.43 bits per heavy atom. The lowest BCUT2D eigenvalue weighted by Gasteiger charge is -1.99. The second-order valence-corrected chi connectivity index (χ2v) is 4.22. The SMILES string of the molecule is O=C(O)CCSc1nc[nH]c(=O)c1Br. The van der Waals surface area contributed by atoms with Crippen LogP contribution in [0.5, 0.6) is 0 Å². The van der Waals surface area contributed by atoms with E-state index in [1.54, 1.807) is 0 Å². The first kappa shape index (κ1) is 11.3. The summed E-state index contributed by atoms with van der Waals surface area (Å²) in [7, 11) is 0. The number of carbonyl (C=O) groups is 1. The molecule has 5 nitrogen and oxygen atoms in total. The summed E-state index contributed by atoms with van der Waals surface area (Å²) < 4.78 is 0.343. The molecule has 0 aliphatic rings. The lowest BCUT2D eigenvalue weighted by molar-refractivity contribution is -0.136. The minimum Gasteiger partial charge on any atom is -0.481 e. The maximum atomic E-state index is 11.1. The Morgan fingerprint density at radius 1 is 1.71 bits per heavy atom. The Labute approximate surface area is 92.1 Å². The van der Waals surface area contributed by atoms with Crippen molar-refractivity contribution in [1.29, 1.82) is 0 Å². The molecule has 14 heavy (non-hydrogen) atoms. The lowest BCUT2D eigenvalue weighted by Crippen LogP contribution is -2.08. The van der Waals surface area contributed by atoms with Crippen LogP contribution in [0.4, 0.5) is 0 Å². The van der Waals surface area contributed by atoms with Gasteiger partial charge in [0.25, 0.3) is 5.56 Å². The summed E-state index contributed by atoms with van der Waals surface area (Å²) in [6.45, 7) is 0. The molecule has 76 valence electrons. The Morgan fingerprint density at radius 3 is 3.07 bits per heavy atom. The predicted octanol–water partition coefficient (Wildman–Crippen LogP) is 1.10. The van der Waals surface area contributed by atoms with Crippen LogP contribution < -0.4 is 5.56 Å². The van der Waals surface area contributed by atoms with Crippen molar-refractivity contribution < 1.29 is 9.90 Å². The van der Waals surface area contributed by atoms with Gasteiger partial charge in [-0.05, 0) is 15.9 Å². The molecular formula is C7H7BrN2O3S. The molecule has 0 fully saturated rings. The minimum absolute atomic E-state index is 0.0472. The molecule has 0 aliphatic carbocycles. The second kappa shape index (κ2) is 5.16. The molecule has 7 heteroatoms. The Kier molecular flexibility index (Phi) is 4.15. The van der Waals surface area contributed by atoms with Crippen LogP contribution in [0.2, 0.25) is 0 Å². The van der Waals surface area contributed by atoms with E-state index in [0.717, 1.165) is 0 Å². The maximum absolute atomic E-state index is 11.1. The number of nitrogens with zero attached hydrogens (tertiary/aromatic N) is 1. The lowest BCUT2D eigenvalue weighted by atomic mass is 10.5. The summed E-state index contributed by atoms with van der Waals surface area (Å²) in [6, 6.07) is 0. The molecule has 0 unspecified atom stereocenters. The number of halogens is 1. The topological polar surface area (TPSA) is 83.0 Å². The van der Waals surface area contributed by atoms with E-state index >= 15 is 0 Å². The van der Waals surface area contributed by atoms with Gasteiger partial charge in [0.2, 0.25) is 0 Å². The second-order valence-electron chi connectivity index (χ2n) is 2.34. The average molecular weight is 279 g/mol. The summed E-state index contributed by atoms with van der Waals surface area (Å²) in [5.74, 6) is -0.469. The van der Waals surface area contributed by atoms with Gasteiger partial charge in [0.1, 0.15) is 9.50 Å². The van der Waals surface area contributed by atoms with Crippen molar-refractivity contribution in [3.63, 3.8) is 0 Å². The smallest absolute Gasteiger partial charge is 0.304 e. The highest BCUT2D eigenvalue weighted by atomic mass is 79.9. The molecule has 1 rings (SSSR count). The van der Waals surface area contributed by atoms with E-state index in [4.69, 9.17) is 5.11 Å². The van der Waals surface area contributed by atoms with Gasteiger partial charge in [-0.25, -0.2) is 4.98 Å². The first-order valence-electron chi connectivity index (χ1n) is 3.69. The molecule has 0 spiro atoms. The van der Waals surface area contributed by atoms with Crippen molar-refractivity contribution in [2.24, 2.45) is 0 Å². The molecule has 1 aromatic rings. The number of aromatic amines is 1. The summed E-state index contributed by atoms with van der Waals surface area (Å²) in [5.41, 5.74) is -0.266. The van der Waals surface area contributed by atoms with E-state index in [2.05, 4.69) is 25.9 Å². The summed E-state index contributed by atoms with van der Waals surface area (Å²) in [5, 5.41) is 8.91. The fourth-order valence-corrected chi connectivity index (χ4v) is 2.08. The number of nitrogens with one attached hydrogen (secondary N) is 1. The van der Waals surface area contributed by atoms with Gasteiger partial charge in [-0.1, -0.05) is 0 Å². The van der Waals surface area contributed by atoms with Gasteiger partial charge in [-0.3, -0.25) is 9.59 Å². The Balaban J connectivity index is 2.63. The standard InChI is InChI=1S/C7H7BrN2O3S/c8-5-6(13)9-3-10-7(5)14-2-1-4(11)12/h3H,1-2H2,(H,11,12)(H,9,10,13). The van der Waals surface area contributed by atoms with Gasteiger partial charge in [0.15, 0.2) is 0 Å². The Hall–Kier alpha value is -0.820. The van der Waals surface area contributed by atoms with Crippen molar-refractivity contribution in [2.45, 2.75) is 11.4 Å². The molecule has 0 aromatic carbocycles. The number of H-pyrrole nitrogens is 1. The van der Waals surface area contributed by atoms with E-state index in [1.165, 1.54) is 18.1 Å². The minimum atomic E-state index is -0.863. The van der Waals surface area contributed by atoms with Crippen molar-refractivity contribution in [1.82, 2.24) is 9.97 Å². The van der Waals surface area contributed by atoms with Crippen LogP contribution in [0.1, 0.15) is 6.42 Å². The van der Waals surface area contributed by atoms with Crippen molar-refractivity contribution in [2.75, 3.05) is 5.75 Å². The highest BCUT2D eigenvalue weighted by molar-refractivity contribution is 9.10. The zero-order valence-corrected chi connectivity index (χ0v) is 9.39. The van der Waals surface area contributed by atoms with Crippen LogP contribution in [0, 0.1) is 0 Å². The maximum Gasteiger partial charge on any atom is 0.304 e. The third kappa shape index (κ3) is 3.15. The molecule has 0 bridgehead atoms. The van der Waals surface area contributed by atoms with Gasteiger partial charge in [-0.15, -0.1) is 11.8 Å². The van der Waals surface area contributed by atoms with Gasteiger partial charge in [0.05, 0.1) is 12.7 Å². The molecule has 0 atom stereocenters. The monoisotopic (exact) mass is 278 g/mol. The molecule has 1 heterocycles. The van der Waals surface area contributed by atoms with Crippen LogP contribution in [0.25, 0.3) is 0 Å². The Bertz CT molecular complexity index is 393. The fourth-order valence-electron chi connectivity index (χ4n) is 0.702. The number of hydrogen-bond donors (Lipinski definition) is 2. The number of aliphatic carboxylic acids is 1. The number of rotatable bonds is 4. The van der Waals surface area contributed by atoms with Gasteiger partial charge < -0.3 is 10.1 Å². The molecule has 0 saturated heterocycles. The zero-order valence-electron chi connectivity index (χ0n) is 6.99. The summed E-state index contributed by atoms with van der Waals surface area (Å²) in [6.07, 6.45) is 1.34. The highest BCUT2D eigenvalue weighted by Gasteiger charge is 2.06. The third-order valence-electron chi connectivity index (χ3n) is 1.32. The van der Waals surface area contributed by atoms with Gasteiger partial charge >= 0.3 is 5.97 Å². The quantitative estimate of drug-likeness (QED) is 0.637. The normalized spacial score (nSPS) is 10.1. The molecule has 1 aromatic heterocycles. The molecule has 0 radical (unpaired) electrons. The van der Waals surface area contributed by atoms with Crippen LogP contribution >= 0.6 is 27.7 Å². The van der Waals surface area contributed by atoms with Gasteiger partial charge in [0, 0.05) is 5.75 Å². The molecule has 0 aliphatic heterocycles. The number of thioether (sulfide) groups is 1. The highest BCUT2D eigenvalue weighted by Crippen LogP contribution is 2.21. The van der Waals surface area contributed by atoms with Gasteiger partial charge in [-0.2, -0.15) is 0 Å². The van der Waals surface area contributed by atoms with Crippen molar-refractivity contribution in [3.8, 4) is 0 Å². The van der Waals surface area contributed by atoms with Crippen LogP contribution in [-0.2, 0) is 4.79 Å². The molecule has 0 saturated carbocycles. The van der Waals surface area contributed by atoms with Crippen LogP contribution in [0.15, 0.2) is 20.6 Å². The number of carboxylic acid groups (broad SMARTS) is 1. The average Bonchev–Trinajstić information content (AvgIpc) is 2.12. The van der Waals surface area contributed by atoms with E-state index in [9.17, 15) is 9.59 Å². The fraction of sp³-hybridized carbons (Fsp3) is 0.286. The van der Waals surface area contributed by atoms with E-state index in [1.807, 2.05) is 0 Å². The zero-order chi connectivity index (χ0) is 10.6. The number of carboxylic acids is 1. The molecule has 0 amide bonds. The van der Waals surface area contributed by atoms with Crippen LogP contribution in [0.3, 0.4) is 0 Å². The predicted molar refractivity (Wildman–Crippen MR) is 55.5 cm³/mol. The van der Waals surface area contributed by atoms with E-state index in [-0.39, 0.29) is 12.0 Å². The first-order valence-corrected chi connectivity index (χ1v) is 5.47. The van der Waals surface area contributed by atoms with Crippen molar-refractivity contribution in [3.05, 3.63) is 21.2 Å². The van der Waals surface area contributed by atoms with Crippen LogP contribution in [-0.4, -0.2) is 26.8 Å². The summed E-state index contributed by atoms with van der Waals surface area (Å²) in [4.78, 5) is 27.6. The molecule has 2 N–H and O–H groups in total. The first-order chi connectivity index (χ1) is 6.61. The van der Waals surface area contributed by atoms with Crippen molar-refractivity contribution >= 4 is 33.7 Å². The largest absolute Gasteiger partial charge is 0.481 e. The number of aromatic nitrogens is 2.